The van der Waals surface area contributed by atoms with Gasteiger partial charge in [0.05, 0.1) is 17.3 Å². The summed E-state index contributed by atoms with van der Waals surface area (Å²) in [4.78, 5) is 36.8. The maximum atomic E-state index is 13.3. The predicted octanol–water partition coefficient (Wildman–Crippen LogP) is 3.39. The molecule has 0 radical (unpaired) electrons. The molecular formula is C24H25FN4O2. The Bertz CT molecular complexity index is 1030. The van der Waals surface area contributed by atoms with Gasteiger partial charge in [-0.2, -0.15) is 0 Å². The molecule has 2 aromatic rings. The summed E-state index contributed by atoms with van der Waals surface area (Å²) >= 11 is 0. The van der Waals surface area contributed by atoms with E-state index in [9.17, 15) is 14.0 Å². The van der Waals surface area contributed by atoms with E-state index in [4.69, 9.17) is 4.99 Å². The quantitative estimate of drug-likeness (QED) is 0.765. The van der Waals surface area contributed by atoms with Crippen molar-refractivity contribution in [1.82, 2.24) is 4.90 Å². The van der Waals surface area contributed by atoms with Crippen LogP contribution in [0.15, 0.2) is 53.5 Å². The van der Waals surface area contributed by atoms with Gasteiger partial charge in [-0.3, -0.25) is 14.6 Å². The second-order valence-electron chi connectivity index (χ2n) is 8.31. The van der Waals surface area contributed by atoms with Crippen molar-refractivity contribution in [2.75, 3.05) is 42.5 Å². The number of rotatable bonds is 3. The third-order valence-corrected chi connectivity index (χ3v) is 6.45. The van der Waals surface area contributed by atoms with E-state index in [1.54, 1.807) is 17.0 Å². The van der Waals surface area contributed by atoms with Crippen LogP contribution in [0.25, 0.3) is 0 Å². The lowest BCUT2D eigenvalue weighted by Gasteiger charge is -2.37. The van der Waals surface area contributed by atoms with E-state index in [2.05, 4.69) is 4.90 Å². The summed E-state index contributed by atoms with van der Waals surface area (Å²) < 4.78 is 13.2. The molecule has 2 heterocycles. The summed E-state index contributed by atoms with van der Waals surface area (Å²) in [6, 6.07) is 14.0. The number of benzene rings is 2. The minimum atomic E-state index is -0.255. The lowest BCUT2D eigenvalue weighted by molar-refractivity contribution is -0.132. The van der Waals surface area contributed by atoms with Crippen LogP contribution in [0.2, 0.25) is 0 Å². The predicted molar refractivity (Wildman–Crippen MR) is 118 cm³/mol. The van der Waals surface area contributed by atoms with Crippen molar-refractivity contribution >= 4 is 34.6 Å². The van der Waals surface area contributed by atoms with Crippen molar-refractivity contribution in [1.29, 1.82) is 0 Å². The molecule has 2 aliphatic heterocycles. The van der Waals surface area contributed by atoms with Crippen molar-refractivity contribution in [2.45, 2.75) is 19.3 Å². The smallest absolute Gasteiger partial charge is 0.242 e. The van der Waals surface area contributed by atoms with Crippen molar-refractivity contribution in [2.24, 2.45) is 10.9 Å². The van der Waals surface area contributed by atoms with Crippen LogP contribution in [-0.4, -0.2) is 55.1 Å². The average Bonchev–Trinajstić information content (AvgIpc) is 3.22. The zero-order valence-electron chi connectivity index (χ0n) is 17.3. The zero-order chi connectivity index (χ0) is 21.4. The number of halogens is 1. The summed E-state index contributed by atoms with van der Waals surface area (Å²) in [6.07, 6.45) is 2.61. The molecule has 0 aromatic heterocycles. The number of para-hydroxylation sites is 2. The Hall–Kier alpha value is -3.22. The molecule has 6 nitrogen and oxygen atoms in total. The molecule has 0 unspecified atom stereocenters. The van der Waals surface area contributed by atoms with Crippen LogP contribution >= 0.6 is 0 Å². The Morgan fingerprint density at radius 3 is 2.55 bits per heavy atom. The van der Waals surface area contributed by atoms with E-state index in [0.717, 1.165) is 36.3 Å². The van der Waals surface area contributed by atoms with E-state index in [-0.39, 0.29) is 30.1 Å². The molecule has 0 bridgehead atoms. The normalized spacial score (nSPS) is 20.8. The van der Waals surface area contributed by atoms with Gasteiger partial charge in [0.25, 0.3) is 0 Å². The summed E-state index contributed by atoms with van der Waals surface area (Å²) in [5, 5.41) is 0. The van der Waals surface area contributed by atoms with Crippen molar-refractivity contribution in [3.63, 3.8) is 0 Å². The first-order valence-corrected chi connectivity index (χ1v) is 10.9. The van der Waals surface area contributed by atoms with Crippen molar-refractivity contribution in [3.05, 3.63) is 54.3 Å². The fourth-order valence-corrected chi connectivity index (χ4v) is 4.74. The van der Waals surface area contributed by atoms with Gasteiger partial charge in [0.15, 0.2) is 0 Å². The third-order valence-electron chi connectivity index (χ3n) is 6.45. The molecule has 0 N–H and O–H groups in total. The molecule has 160 valence electrons. The first-order chi connectivity index (χ1) is 15.1. The molecular weight excluding hydrogens is 395 g/mol. The molecule has 31 heavy (non-hydrogen) atoms. The highest BCUT2D eigenvalue weighted by Gasteiger charge is 2.37. The number of nitrogens with zero attached hydrogens (tertiary/aromatic N) is 4. The van der Waals surface area contributed by atoms with Crippen molar-refractivity contribution in [3.8, 4) is 0 Å². The Labute approximate surface area is 181 Å². The zero-order valence-corrected chi connectivity index (χ0v) is 17.3. The third kappa shape index (κ3) is 3.80. The maximum absolute atomic E-state index is 13.3. The highest BCUT2D eigenvalue weighted by Crippen LogP contribution is 2.37. The van der Waals surface area contributed by atoms with Crippen LogP contribution < -0.4 is 9.80 Å². The van der Waals surface area contributed by atoms with E-state index in [1.807, 2.05) is 29.2 Å². The highest BCUT2D eigenvalue weighted by molar-refractivity contribution is 6.16. The molecule has 2 amide bonds. The number of aliphatic imine (C=N–C) groups is 1. The van der Waals surface area contributed by atoms with Crippen LogP contribution in [0.4, 0.5) is 21.5 Å². The van der Waals surface area contributed by atoms with E-state index < -0.39 is 0 Å². The highest BCUT2D eigenvalue weighted by atomic mass is 19.1. The van der Waals surface area contributed by atoms with Crippen LogP contribution in [-0.2, 0) is 9.59 Å². The molecule has 2 fully saturated rings. The fourth-order valence-electron chi connectivity index (χ4n) is 4.74. The van der Waals surface area contributed by atoms with Crippen LogP contribution in [0.3, 0.4) is 0 Å². The number of amides is 2. The molecule has 0 spiro atoms. The number of fused-ring (bicyclic) bond motifs is 2. The monoisotopic (exact) mass is 420 g/mol. The van der Waals surface area contributed by atoms with Gasteiger partial charge in [-0.05, 0) is 55.7 Å². The minimum absolute atomic E-state index is 0.0144. The largest absolute Gasteiger partial charge is 0.368 e. The first-order valence-electron chi connectivity index (χ1n) is 10.9. The summed E-state index contributed by atoms with van der Waals surface area (Å²) in [5.41, 5.74) is 3.38. The maximum Gasteiger partial charge on any atom is 0.242 e. The van der Waals surface area contributed by atoms with Gasteiger partial charge in [-0.15, -0.1) is 0 Å². The number of hydrogen-bond donors (Lipinski definition) is 0. The molecule has 1 atom stereocenters. The van der Waals surface area contributed by atoms with Gasteiger partial charge >= 0.3 is 0 Å². The molecule has 7 heteroatoms. The molecule has 5 rings (SSSR count). The van der Waals surface area contributed by atoms with Gasteiger partial charge in [0.1, 0.15) is 12.4 Å². The van der Waals surface area contributed by atoms with Gasteiger partial charge in [-0.1, -0.05) is 12.1 Å². The average molecular weight is 420 g/mol. The summed E-state index contributed by atoms with van der Waals surface area (Å²) in [7, 11) is 0. The van der Waals surface area contributed by atoms with E-state index in [1.165, 1.54) is 12.1 Å². The van der Waals surface area contributed by atoms with Gasteiger partial charge in [0.2, 0.25) is 11.8 Å². The lowest BCUT2D eigenvalue weighted by atomic mass is 10.1. The molecule has 2 aromatic carbocycles. The van der Waals surface area contributed by atoms with Crippen LogP contribution in [0.5, 0.6) is 0 Å². The van der Waals surface area contributed by atoms with Crippen LogP contribution in [0.1, 0.15) is 19.3 Å². The number of anilines is 2. The van der Waals surface area contributed by atoms with Crippen LogP contribution in [0, 0.1) is 11.7 Å². The van der Waals surface area contributed by atoms with Gasteiger partial charge < -0.3 is 14.7 Å². The molecule has 1 aliphatic carbocycles. The first kappa shape index (κ1) is 19.7. The number of carbonyl (C=O) groups is 2. The number of piperazine rings is 1. The van der Waals surface area contributed by atoms with Crippen molar-refractivity contribution < 1.29 is 14.0 Å². The lowest BCUT2D eigenvalue weighted by Crippen LogP contribution is -2.52. The summed E-state index contributed by atoms with van der Waals surface area (Å²) in [5.74, 6) is -0.535. The standard InChI is InChI=1S/C24H25FN4O2/c25-17-8-10-18(11-9-17)27-12-14-28(15-13-27)23(30)16-29-22-7-2-1-5-21(22)26-20-6-3-4-19(20)24(29)31/h1-2,5,7-11,19H,3-4,6,12-16H2/t19-/m0/s1. The SMILES string of the molecule is O=C(CN1C(=O)[C@H]2CCCC2=Nc2ccccc21)N1CCN(c2ccc(F)cc2)CC1. The van der Waals surface area contributed by atoms with Gasteiger partial charge in [-0.25, -0.2) is 4.39 Å². The molecule has 1 saturated carbocycles. The topological polar surface area (TPSA) is 56.2 Å². The summed E-state index contributed by atoms with van der Waals surface area (Å²) in [6.45, 7) is 2.54. The Morgan fingerprint density at radius 1 is 1.03 bits per heavy atom. The van der Waals surface area contributed by atoms with E-state index in [0.29, 0.717) is 31.9 Å². The number of carbonyl (C=O) groups excluding carboxylic acids is 2. The van der Waals surface area contributed by atoms with E-state index >= 15 is 0 Å². The molecule has 1 saturated heterocycles. The molecule has 3 aliphatic rings. The second kappa shape index (κ2) is 8.13. The fraction of sp³-hybridized carbons (Fsp3) is 0.375. The van der Waals surface area contributed by atoms with Gasteiger partial charge in [0, 0.05) is 37.6 Å². The minimum Gasteiger partial charge on any atom is -0.368 e. The Morgan fingerprint density at radius 2 is 1.77 bits per heavy atom. The second-order valence-corrected chi connectivity index (χ2v) is 8.31. The Kier molecular flexibility index (Phi) is 5.18. The number of hydrogen-bond acceptors (Lipinski definition) is 4. The Balaban J connectivity index is 1.29.